The Morgan fingerprint density at radius 3 is 2.71 bits per heavy atom. The summed E-state index contributed by atoms with van der Waals surface area (Å²) < 4.78 is 5.33. The number of aryl methyl sites for hydroxylation is 2. The third-order valence-corrected chi connectivity index (χ3v) is 3.84. The van der Waals surface area contributed by atoms with E-state index in [2.05, 4.69) is 0 Å². The minimum atomic E-state index is -0.471. The third-order valence-electron chi connectivity index (χ3n) is 3.84. The van der Waals surface area contributed by atoms with Gasteiger partial charge in [0.2, 0.25) is 0 Å². The van der Waals surface area contributed by atoms with E-state index in [9.17, 15) is 9.59 Å². The average molecular weight is 280 g/mol. The Bertz CT molecular complexity index is 731. The molecule has 0 fully saturated rings. The first-order valence-electron chi connectivity index (χ1n) is 6.96. The summed E-state index contributed by atoms with van der Waals surface area (Å²) in [5.41, 5.74) is 4.07. The predicted octanol–water partition coefficient (Wildman–Crippen LogP) is 3.79. The van der Waals surface area contributed by atoms with Crippen LogP contribution in [0.15, 0.2) is 42.5 Å². The van der Waals surface area contributed by atoms with Gasteiger partial charge in [0.05, 0.1) is 12.0 Å². The molecule has 21 heavy (non-hydrogen) atoms. The number of carbonyl (C=O) groups is 2. The summed E-state index contributed by atoms with van der Waals surface area (Å²) >= 11 is 0. The number of esters is 1. The van der Waals surface area contributed by atoms with Crippen LogP contribution in [0.25, 0.3) is 0 Å². The molecule has 0 bridgehead atoms. The molecule has 3 nitrogen and oxygen atoms in total. The van der Waals surface area contributed by atoms with Gasteiger partial charge in [-0.2, -0.15) is 0 Å². The van der Waals surface area contributed by atoms with Gasteiger partial charge in [-0.25, -0.2) is 4.79 Å². The number of cyclic esters (lactones) is 1. The topological polar surface area (TPSA) is 43.4 Å². The molecular weight excluding hydrogens is 264 g/mol. The number of hydrogen-bond donors (Lipinski definition) is 0. The van der Waals surface area contributed by atoms with Crippen LogP contribution < -0.4 is 0 Å². The van der Waals surface area contributed by atoms with E-state index in [0.717, 1.165) is 16.7 Å². The van der Waals surface area contributed by atoms with Gasteiger partial charge in [-0.1, -0.05) is 35.9 Å². The number of ether oxygens (including phenoxy) is 1. The van der Waals surface area contributed by atoms with Crippen LogP contribution >= 0.6 is 0 Å². The number of carbonyl (C=O) groups excluding carboxylic acids is 2. The standard InChI is InChI=1S/C18H16O3/c1-11-7-8-12(2)15(9-11)16(19)10-17-13-5-3-4-6-14(13)18(20)21-17/h3-9,17H,10H2,1-2H3/t17-/m0/s1. The number of hydrogen-bond acceptors (Lipinski definition) is 3. The molecule has 0 saturated carbocycles. The van der Waals surface area contributed by atoms with Gasteiger partial charge >= 0.3 is 5.97 Å². The highest BCUT2D eigenvalue weighted by atomic mass is 16.5. The fourth-order valence-electron chi connectivity index (χ4n) is 2.69. The molecule has 0 unspecified atom stereocenters. The molecule has 0 aromatic heterocycles. The fourth-order valence-corrected chi connectivity index (χ4v) is 2.69. The van der Waals surface area contributed by atoms with Gasteiger partial charge in [-0.15, -0.1) is 0 Å². The van der Waals surface area contributed by atoms with Crippen molar-refractivity contribution in [2.24, 2.45) is 0 Å². The SMILES string of the molecule is Cc1ccc(C)c(C(=O)C[C@@H]2OC(=O)c3ccccc32)c1. The van der Waals surface area contributed by atoms with Crippen molar-refractivity contribution in [3.63, 3.8) is 0 Å². The molecule has 0 N–H and O–H groups in total. The maximum Gasteiger partial charge on any atom is 0.339 e. The Morgan fingerprint density at radius 1 is 1.14 bits per heavy atom. The molecule has 1 atom stereocenters. The first kappa shape index (κ1) is 13.6. The van der Waals surface area contributed by atoms with Gasteiger partial charge in [0.25, 0.3) is 0 Å². The summed E-state index contributed by atoms with van der Waals surface area (Å²) in [6.45, 7) is 3.88. The molecule has 1 aliphatic rings. The van der Waals surface area contributed by atoms with E-state index in [1.165, 1.54) is 0 Å². The predicted molar refractivity (Wildman–Crippen MR) is 79.5 cm³/mol. The monoisotopic (exact) mass is 280 g/mol. The average Bonchev–Trinajstić information content (AvgIpc) is 2.78. The van der Waals surface area contributed by atoms with Gasteiger partial charge in [0.1, 0.15) is 6.10 Å². The molecule has 3 rings (SSSR count). The van der Waals surface area contributed by atoms with Gasteiger partial charge < -0.3 is 4.74 Å². The van der Waals surface area contributed by atoms with E-state index in [1.54, 1.807) is 12.1 Å². The third kappa shape index (κ3) is 2.47. The molecule has 0 amide bonds. The summed E-state index contributed by atoms with van der Waals surface area (Å²) in [7, 11) is 0. The fraction of sp³-hybridized carbons (Fsp3) is 0.222. The lowest BCUT2D eigenvalue weighted by Crippen LogP contribution is -2.09. The van der Waals surface area contributed by atoms with Crippen molar-refractivity contribution in [3.8, 4) is 0 Å². The second kappa shape index (κ2) is 5.17. The second-order valence-electron chi connectivity index (χ2n) is 5.43. The summed E-state index contributed by atoms with van der Waals surface area (Å²) in [5.74, 6) is -0.338. The molecule has 2 aromatic carbocycles. The van der Waals surface area contributed by atoms with Crippen LogP contribution in [0, 0.1) is 13.8 Å². The van der Waals surface area contributed by atoms with E-state index in [4.69, 9.17) is 4.74 Å². The Morgan fingerprint density at radius 2 is 1.90 bits per heavy atom. The number of fused-ring (bicyclic) bond motifs is 1. The first-order chi connectivity index (χ1) is 10.1. The van der Waals surface area contributed by atoms with Crippen molar-refractivity contribution in [1.29, 1.82) is 0 Å². The van der Waals surface area contributed by atoms with Crippen LogP contribution in [0.3, 0.4) is 0 Å². The lowest BCUT2D eigenvalue weighted by atomic mass is 9.95. The summed E-state index contributed by atoms with van der Waals surface area (Å²) in [6.07, 6.45) is -0.284. The van der Waals surface area contributed by atoms with Gasteiger partial charge in [0.15, 0.2) is 5.78 Å². The Labute approximate surface area is 123 Å². The lowest BCUT2D eigenvalue weighted by molar-refractivity contribution is 0.0367. The normalized spacial score (nSPS) is 16.5. The van der Waals surface area contributed by atoms with Gasteiger partial charge in [-0.3, -0.25) is 4.79 Å². The molecule has 2 aromatic rings. The van der Waals surface area contributed by atoms with Crippen molar-refractivity contribution in [3.05, 3.63) is 70.3 Å². The second-order valence-corrected chi connectivity index (χ2v) is 5.43. The van der Waals surface area contributed by atoms with E-state index < -0.39 is 6.10 Å². The van der Waals surface area contributed by atoms with Crippen LogP contribution in [0.4, 0.5) is 0 Å². The molecular formula is C18H16O3. The highest BCUT2D eigenvalue weighted by molar-refractivity contribution is 6.00. The summed E-state index contributed by atoms with van der Waals surface area (Å²) in [5, 5.41) is 0. The van der Waals surface area contributed by atoms with Gasteiger partial charge in [-0.05, 0) is 31.5 Å². The quantitative estimate of drug-likeness (QED) is 0.634. The minimum absolute atomic E-state index is 0.00528. The Balaban J connectivity index is 1.87. The van der Waals surface area contributed by atoms with E-state index in [1.807, 2.05) is 44.2 Å². The number of benzene rings is 2. The lowest BCUT2D eigenvalue weighted by Gasteiger charge is -2.11. The summed E-state index contributed by atoms with van der Waals surface area (Å²) in [4.78, 5) is 24.3. The number of rotatable bonds is 3. The molecule has 0 saturated heterocycles. The van der Waals surface area contributed by atoms with E-state index >= 15 is 0 Å². The van der Waals surface area contributed by atoms with Crippen LogP contribution in [0.1, 0.15) is 49.9 Å². The maximum atomic E-state index is 12.5. The Hall–Kier alpha value is -2.42. The molecule has 1 aliphatic heterocycles. The van der Waals surface area contributed by atoms with Crippen LogP contribution in [-0.4, -0.2) is 11.8 Å². The zero-order chi connectivity index (χ0) is 15.0. The largest absolute Gasteiger partial charge is 0.453 e. The molecule has 0 spiro atoms. The van der Waals surface area contributed by atoms with Crippen molar-refractivity contribution in [1.82, 2.24) is 0 Å². The van der Waals surface area contributed by atoms with Crippen LogP contribution in [-0.2, 0) is 4.74 Å². The molecule has 3 heteroatoms. The Kier molecular flexibility index (Phi) is 3.34. The zero-order valence-electron chi connectivity index (χ0n) is 12.1. The van der Waals surface area contributed by atoms with Crippen molar-refractivity contribution in [2.45, 2.75) is 26.4 Å². The highest BCUT2D eigenvalue weighted by Crippen LogP contribution is 2.33. The van der Waals surface area contributed by atoms with Crippen LogP contribution in [0.2, 0.25) is 0 Å². The smallest absolute Gasteiger partial charge is 0.339 e. The molecule has 106 valence electrons. The highest BCUT2D eigenvalue weighted by Gasteiger charge is 2.32. The number of Topliss-reactive ketones (excluding diaryl/α,β-unsaturated/α-hetero) is 1. The minimum Gasteiger partial charge on any atom is -0.453 e. The van der Waals surface area contributed by atoms with Crippen LogP contribution in [0.5, 0.6) is 0 Å². The van der Waals surface area contributed by atoms with E-state index in [0.29, 0.717) is 11.1 Å². The zero-order valence-corrected chi connectivity index (χ0v) is 12.1. The van der Waals surface area contributed by atoms with Crippen molar-refractivity contribution >= 4 is 11.8 Å². The van der Waals surface area contributed by atoms with Gasteiger partial charge in [0, 0.05) is 11.1 Å². The number of ketones is 1. The van der Waals surface area contributed by atoms with Crippen molar-refractivity contribution in [2.75, 3.05) is 0 Å². The first-order valence-corrected chi connectivity index (χ1v) is 6.96. The maximum absolute atomic E-state index is 12.5. The molecule has 0 radical (unpaired) electrons. The van der Waals surface area contributed by atoms with Crippen molar-refractivity contribution < 1.29 is 14.3 Å². The van der Waals surface area contributed by atoms with E-state index in [-0.39, 0.29) is 18.2 Å². The molecule has 0 aliphatic carbocycles. The summed E-state index contributed by atoms with van der Waals surface area (Å²) in [6, 6.07) is 13.1. The molecule has 1 heterocycles.